The van der Waals surface area contributed by atoms with E-state index >= 15 is 0 Å². The smallest absolute Gasteiger partial charge is 0.134 e. The molecule has 3 heteroatoms. The van der Waals surface area contributed by atoms with Crippen LogP contribution in [0.5, 0.6) is 0 Å². The molecule has 2 fully saturated rings. The molecule has 3 nitrogen and oxygen atoms in total. The molecule has 1 saturated heterocycles. The number of rotatable bonds is 3. The van der Waals surface area contributed by atoms with Crippen molar-refractivity contribution in [2.75, 3.05) is 20.2 Å². The molecular formula is C12H21NO2. The van der Waals surface area contributed by atoms with Crippen LogP contribution in [0.15, 0.2) is 0 Å². The molecule has 1 heterocycles. The van der Waals surface area contributed by atoms with Crippen molar-refractivity contribution < 1.29 is 9.53 Å². The molecule has 2 aliphatic rings. The van der Waals surface area contributed by atoms with Crippen molar-refractivity contribution in [2.45, 2.75) is 50.7 Å². The topological polar surface area (TPSA) is 29.5 Å². The Kier molecular flexibility index (Phi) is 3.76. The lowest BCUT2D eigenvalue weighted by atomic mass is 9.93. The Bertz CT molecular complexity index is 224. The van der Waals surface area contributed by atoms with Crippen molar-refractivity contribution >= 4 is 5.78 Å². The van der Waals surface area contributed by atoms with Crippen LogP contribution in [0.2, 0.25) is 0 Å². The number of carbonyl (C=O) groups excluding carboxylic acids is 1. The molecule has 2 atom stereocenters. The van der Waals surface area contributed by atoms with E-state index in [0.717, 1.165) is 32.4 Å². The van der Waals surface area contributed by atoms with Gasteiger partial charge in [0.25, 0.3) is 0 Å². The summed E-state index contributed by atoms with van der Waals surface area (Å²) in [5.74, 6) is 0.436. The quantitative estimate of drug-likeness (QED) is 0.710. The van der Waals surface area contributed by atoms with Crippen molar-refractivity contribution in [1.29, 1.82) is 0 Å². The van der Waals surface area contributed by atoms with Crippen LogP contribution >= 0.6 is 0 Å². The molecule has 15 heavy (non-hydrogen) atoms. The fourth-order valence-corrected chi connectivity index (χ4v) is 2.64. The summed E-state index contributed by atoms with van der Waals surface area (Å²) in [7, 11) is 2.13. The average molecular weight is 211 g/mol. The number of hydrogen-bond donors (Lipinski definition) is 0. The van der Waals surface area contributed by atoms with Crippen molar-refractivity contribution in [2.24, 2.45) is 0 Å². The van der Waals surface area contributed by atoms with Crippen molar-refractivity contribution in [1.82, 2.24) is 4.90 Å². The number of likely N-dealkylation sites (N-methyl/N-ethyl adjacent to an activating group) is 1. The summed E-state index contributed by atoms with van der Waals surface area (Å²) >= 11 is 0. The van der Waals surface area contributed by atoms with Crippen LogP contribution in [0.4, 0.5) is 0 Å². The van der Waals surface area contributed by atoms with E-state index < -0.39 is 0 Å². The largest absolute Gasteiger partial charge is 0.377 e. The van der Waals surface area contributed by atoms with Crippen molar-refractivity contribution in [3.63, 3.8) is 0 Å². The lowest BCUT2D eigenvalue weighted by Gasteiger charge is -2.31. The molecule has 1 aliphatic heterocycles. The fraction of sp³-hybridized carbons (Fsp3) is 0.917. The first-order chi connectivity index (χ1) is 7.25. The Hall–Kier alpha value is -0.410. The summed E-state index contributed by atoms with van der Waals surface area (Å²) in [6.07, 6.45) is 6.58. The van der Waals surface area contributed by atoms with Gasteiger partial charge in [-0.05, 0) is 32.7 Å². The minimum atomic E-state index is 0.409. The second-order valence-corrected chi connectivity index (χ2v) is 4.86. The summed E-state index contributed by atoms with van der Waals surface area (Å²) in [4.78, 5) is 13.7. The Morgan fingerprint density at radius 1 is 1.40 bits per heavy atom. The highest BCUT2D eigenvalue weighted by molar-refractivity contribution is 5.79. The first-order valence-electron chi connectivity index (χ1n) is 6.09. The van der Waals surface area contributed by atoms with Crippen LogP contribution in [0.25, 0.3) is 0 Å². The number of ketones is 1. The third-order valence-electron chi connectivity index (χ3n) is 3.60. The van der Waals surface area contributed by atoms with Gasteiger partial charge in [-0.1, -0.05) is 0 Å². The summed E-state index contributed by atoms with van der Waals surface area (Å²) in [6.45, 7) is 1.92. The molecule has 0 amide bonds. The SMILES string of the molecule is CN(CC1CCCO1)C1CCCC(=O)C1. The van der Waals surface area contributed by atoms with Gasteiger partial charge in [-0.25, -0.2) is 0 Å². The predicted octanol–water partition coefficient (Wildman–Crippen LogP) is 1.61. The molecule has 0 radical (unpaired) electrons. The lowest BCUT2D eigenvalue weighted by molar-refractivity contribution is -0.122. The van der Waals surface area contributed by atoms with Crippen LogP contribution in [0, 0.1) is 0 Å². The normalized spacial score (nSPS) is 32.5. The molecule has 0 aromatic carbocycles. The second-order valence-electron chi connectivity index (χ2n) is 4.86. The van der Waals surface area contributed by atoms with Gasteiger partial charge < -0.3 is 9.64 Å². The number of carbonyl (C=O) groups is 1. The lowest BCUT2D eigenvalue weighted by Crippen LogP contribution is -2.40. The molecule has 2 unspecified atom stereocenters. The summed E-state index contributed by atoms with van der Waals surface area (Å²) < 4.78 is 5.61. The summed E-state index contributed by atoms with van der Waals surface area (Å²) in [5.41, 5.74) is 0. The minimum Gasteiger partial charge on any atom is -0.377 e. The maximum atomic E-state index is 11.4. The van der Waals surface area contributed by atoms with Gasteiger partial charge in [0.2, 0.25) is 0 Å². The number of hydrogen-bond acceptors (Lipinski definition) is 3. The summed E-state index contributed by atoms with van der Waals surface area (Å²) in [6, 6.07) is 0.468. The molecule has 0 spiro atoms. The monoisotopic (exact) mass is 211 g/mol. The molecule has 0 bridgehead atoms. The highest BCUT2D eigenvalue weighted by Gasteiger charge is 2.25. The zero-order chi connectivity index (χ0) is 10.7. The zero-order valence-electron chi connectivity index (χ0n) is 9.58. The molecule has 0 aromatic rings. The molecule has 0 aromatic heterocycles. The maximum absolute atomic E-state index is 11.4. The first-order valence-corrected chi connectivity index (χ1v) is 6.09. The fourth-order valence-electron chi connectivity index (χ4n) is 2.64. The number of ether oxygens (including phenoxy) is 1. The number of Topliss-reactive ketones (excluding diaryl/α,β-unsaturated/α-hetero) is 1. The van der Waals surface area contributed by atoms with Gasteiger partial charge in [0.1, 0.15) is 5.78 Å². The van der Waals surface area contributed by atoms with Crippen LogP contribution < -0.4 is 0 Å². The van der Waals surface area contributed by atoms with Gasteiger partial charge >= 0.3 is 0 Å². The summed E-state index contributed by atoms with van der Waals surface area (Å²) in [5, 5.41) is 0. The van der Waals surface area contributed by atoms with E-state index in [9.17, 15) is 4.79 Å². The van der Waals surface area contributed by atoms with Crippen LogP contribution in [0.3, 0.4) is 0 Å². The van der Waals surface area contributed by atoms with Gasteiger partial charge in [0, 0.05) is 32.0 Å². The second kappa shape index (κ2) is 5.08. The van der Waals surface area contributed by atoms with E-state index in [0.29, 0.717) is 17.9 Å². The van der Waals surface area contributed by atoms with Gasteiger partial charge in [0.15, 0.2) is 0 Å². The zero-order valence-corrected chi connectivity index (χ0v) is 9.58. The van der Waals surface area contributed by atoms with E-state index in [1.54, 1.807) is 0 Å². The van der Waals surface area contributed by atoms with Gasteiger partial charge in [-0.15, -0.1) is 0 Å². The molecular weight excluding hydrogens is 190 g/mol. The van der Waals surface area contributed by atoms with Crippen molar-refractivity contribution in [3.05, 3.63) is 0 Å². The standard InChI is InChI=1S/C12H21NO2/c1-13(9-12-6-3-7-15-12)10-4-2-5-11(14)8-10/h10,12H,2-9H2,1H3. The Morgan fingerprint density at radius 3 is 2.93 bits per heavy atom. The van der Waals surface area contributed by atoms with Crippen LogP contribution in [-0.2, 0) is 9.53 Å². The molecule has 1 saturated carbocycles. The van der Waals surface area contributed by atoms with Gasteiger partial charge in [0.05, 0.1) is 6.10 Å². The Labute approximate surface area is 91.8 Å². The van der Waals surface area contributed by atoms with E-state index in [4.69, 9.17) is 4.74 Å². The van der Waals surface area contributed by atoms with Crippen LogP contribution in [-0.4, -0.2) is 43.0 Å². The third-order valence-corrected chi connectivity index (χ3v) is 3.60. The van der Waals surface area contributed by atoms with E-state index in [1.807, 2.05) is 0 Å². The molecule has 86 valence electrons. The van der Waals surface area contributed by atoms with Gasteiger partial charge in [-0.2, -0.15) is 0 Å². The minimum absolute atomic E-state index is 0.409. The Morgan fingerprint density at radius 2 is 2.27 bits per heavy atom. The number of nitrogens with zero attached hydrogens (tertiary/aromatic N) is 1. The first kappa shape index (κ1) is 11.1. The molecule has 0 N–H and O–H groups in total. The molecule has 2 rings (SSSR count). The van der Waals surface area contributed by atoms with E-state index in [1.165, 1.54) is 19.3 Å². The molecule has 1 aliphatic carbocycles. The third kappa shape index (κ3) is 3.02. The van der Waals surface area contributed by atoms with Gasteiger partial charge in [-0.3, -0.25) is 4.79 Å². The predicted molar refractivity (Wildman–Crippen MR) is 58.9 cm³/mol. The highest BCUT2D eigenvalue weighted by atomic mass is 16.5. The van der Waals surface area contributed by atoms with Crippen LogP contribution in [0.1, 0.15) is 38.5 Å². The van der Waals surface area contributed by atoms with E-state index in [2.05, 4.69) is 11.9 Å². The van der Waals surface area contributed by atoms with E-state index in [-0.39, 0.29) is 0 Å². The average Bonchev–Trinajstić information content (AvgIpc) is 2.70. The Balaban J connectivity index is 1.78. The maximum Gasteiger partial charge on any atom is 0.134 e. The van der Waals surface area contributed by atoms with Crippen molar-refractivity contribution in [3.8, 4) is 0 Å². The highest BCUT2D eigenvalue weighted by Crippen LogP contribution is 2.21.